The van der Waals surface area contributed by atoms with Crippen molar-refractivity contribution in [3.8, 4) is 0 Å². The van der Waals surface area contributed by atoms with E-state index in [9.17, 15) is 9.18 Å². The lowest BCUT2D eigenvalue weighted by atomic mass is 10.2. The minimum atomic E-state index is -0.478. The maximum atomic E-state index is 13.0. The third kappa shape index (κ3) is 3.24. The molecule has 2 aromatic rings. The molecule has 0 unspecified atom stereocenters. The van der Waals surface area contributed by atoms with Crippen molar-refractivity contribution >= 4 is 23.2 Å². The highest BCUT2D eigenvalue weighted by atomic mass is 35.5. The van der Waals surface area contributed by atoms with Gasteiger partial charge in [-0.2, -0.15) is 0 Å². The number of amides is 1. The molecule has 0 bridgehead atoms. The molecule has 2 rings (SSSR count). The van der Waals surface area contributed by atoms with E-state index in [-0.39, 0.29) is 17.5 Å². The van der Waals surface area contributed by atoms with Crippen LogP contribution in [-0.4, -0.2) is 17.9 Å². The van der Waals surface area contributed by atoms with Gasteiger partial charge in [0.15, 0.2) is 0 Å². The molecule has 1 aromatic carbocycles. The number of hydrogen-bond acceptors (Lipinski definition) is 3. The third-order valence-electron chi connectivity index (χ3n) is 2.77. The standard InChI is InChI=1S/C14H13ClFN3O/c1-17-13-8-18-5-4-10(13)14(20)19-7-9-2-3-12(16)11(15)6-9/h2-6,8,17H,7H2,1H3,(H,19,20). The number of aromatic nitrogens is 1. The summed E-state index contributed by atoms with van der Waals surface area (Å²) in [4.78, 5) is 16.0. The fourth-order valence-electron chi connectivity index (χ4n) is 1.72. The Morgan fingerprint density at radius 3 is 2.90 bits per heavy atom. The Labute approximate surface area is 121 Å². The monoisotopic (exact) mass is 293 g/mol. The lowest BCUT2D eigenvalue weighted by Gasteiger charge is -2.09. The zero-order valence-corrected chi connectivity index (χ0v) is 11.5. The van der Waals surface area contributed by atoms with Crippen LogP contribution in [-0.2, 0) is 6.54 Å². The molecule has 0 aliphatic rings. The van der Waals surface area contributed by atoms with Gasteiger partial charge < -0.3 is 10.6 Å². The Morgan fingerprint density at radius 1 is 1.40 bits per heavy atom. The normalized spacial score (nSPS) is 10.2. The molecule has 2 N–H and O–H groups in total. The largest absolute Gasteiger partial charge is 0.386 e. The van der Waals surface area contributed by atoms with Gasteiger partial charge >= 0.3 is 0 Å². The predicted octanol–water partition coefficient (Wildman–Crippen LogP) is 2.85. The average Bonchev–Trinajstić information content (AvgIpc) is 2.48. The Hall–Kier alpha value is -2.14. The highest BCUT2D eigenvalue weighted by Crippen LogP contribution is 2.16. The van der Waals surface area contributed by atoms with E-state index in [0.717, 1.165) is 5.56 Å². The van der Waals surface area contributed by atoms with Gasteiger partial charge in [-0.15, -0.1) is 0 Å². The van der Waals surface area contributed by atoms with Crippen LogP contribution in [0.1, 0.15) is 15.9 Å². The molecular weight excluding hydrogens is 281 g/mol. The van der Waals surface area contributed by atoms with Crippen molar-refractivity contribution in [2.45, 2.75) is 6.54 Å². The minimum Gasteiger partial charge on any atom is -0.386 e. The molecule has 0 spiro atoms. The number of anilines is 1. The molecule has 1 heterocycles. The predicted molar refractivity (Wildman–Crippen MR) is 76.4 cm³/mol. The summed E-state index contributed by atoms with van der Waals surface area (Å²) >= 11 is 5.69. The van der Waals surface area contributed by atoms with Crippen LogP contribution in [0.5, 0.6) is 0 Å². The third-order valence-corrected chi connectivity index (χ3v) is 3.06. The fraction of sp³-hybridized carbons (Fsp3) is 0.143. The first kappa shape index (κ1) is 14.3. The number of pyridine rings is 1. The summed E-state index contributed by atoms with van der Waals surface area (Å²) in [5.74, 6) is -0.717. The number of halogens is 2. The maximum Gasteiger partial charge on any atom is 0.253 e. The van der Waals surface area contributed by atoms with Gasteiger partial charge in [-0.25, -0.2) is 4.39 Å². The Kier molecular flexibility index (Phi) is 4.53. The van der Waals surface area contributed by atoms with Crippen molar-refractivity contribution in [2.24, 2.45) is 0 Å². The van der Waals surface area contributed by atoms with Gasteiger partial charge in [0.25, 0.3) is 5.91 Å². The number of carbonyl (C=O) groups excluding carboxylic acids is 1. The molecule has 20 heavy (non-hydrogen) atoms. The van der Waals surface area contributed by atoms with Crippen LogP contribution in [0.15, 0.2) is 36.7 Å². The summed E-state index contributed by atoms with van der Waals surface area (Å²) in [5, 5.41) is 5.68. The molecule has 0 aliphatic heterocycles. The van der Waals surface area contributed by atoms with Crippen LogP contribution in [0.2, 0.25) is 5.02 Å². The minimum absolute atomic E-state index is 0.0385. The zero-order valence-electron chi connectivity index (χ0n) is 10.8. The van der Waals surface area contributed by atoms with Crippen LogP contribution in [0.4, 0.5) is 10.1 Å². The number of benzene rings is 1. The van der Waals surface area contributed by atoms with Gasteiger partial charge in [0.05, 0.1) is 22.5 Å². The van der Waals surface area contributed by atoms with E-state index in [0.29, 0.717) is 11.3 Å². The fourth-order valence-corrected chi connectivity index (χ4v) is 1.92. The van der Waals surface area contributed by atoms with Crippen LogP contribution >= 0.6 is 11.6 Å². The molecule has 0 aliphatic carbocycles. The SMILES string of the molecule is CNc1cnccc1C(=O)NCc1ccc(F)c(Cl)c1. The van der Waals surface area contributed by atoms with Crippen LogP contribution in [0.25, 0.3) is 0 Å². The van der Waals surface area contributed by atoms with Gasteiger partial charge in [-0.3, -0.25) is 9.78 Å². The van der Waals surface area contributed by atoms with E-state index in [1.165, 1.54) is 12.1 Å². The molecule has 0 saturated heterocycles. The molecule has 6 heteroatoms. The van der Waals surface area contributed by atoms with Crippen LogP contribution < -0.4 is 10.6 Å². The molecule has 0 radical (unpaired) electrons. The number of nitrogens with zero attached hydrogens (tertiary/aromatic N) is 1. The summed E-state index contributed by atoms with van der Waals surface area (Å²) in [7, 11) is 1.72. The summed E-state index contributed by atoms with van der Waals surface area (Å²) in [6, 6.07) is 5.96. The van der Waals surface area contributed by atoms with E-state index in [1.807, 2.05) is 0 Å². The second-order valence-electron chi connectivity index (χ2n) is 4.10. The van der Waals surface area contributed by atoms with Crippen molar-refractivity contribution < 1.29 is 9.18 Å². The van der Waals surface area contributed by atoms with Crippen molar-refractivity contribution in [3.05, 3.63) is 58.6 Å². The number of nitrogens with one attached hydrogen (secondary N) is 2. The Morgan fingerprint density at radius 2 is 2.20 bits per heavy atom. The number of hydrogen-bond donors (Lipinski definition) is 2. The van der Waals surface area contributed by atoms with Gasteiger partial charge in [0.2, 0.25) is 0 Å². The Bertz CT molecular complexity index is 634. The van der Waals surface area contributed by atoms with Crippen molar-refractivity contribution in [2.75, 3.05) is 12.4 Å². The second-order valence-corrected chi connectivity index (χ2v) is 4.51. The quantitative estimate of drug-likeness (QED) is 0.911. The molecule has 104 valence electrons. The lowest BCUT2D eigenvalue weighted by Crippen LogP contribution is -2.23. The highest BCUT2D eigenvalue weighted by Gasteiger charge is 2.10. The van der Waals surface area contributed by atoms with Gasteiger partial charge in [-0.1, -0.05) is 17.7 Å². The van der Waals surface area contributed by atoms with E-state index in [2.05, 4.69) is 15.6 Å². The van der Waals surface area contributed by atoms with Crippen molar-refractivity contribution in [3.63, 3.8) is 0 Å². The van der Waals surface area contributed by atoms with Crippen molar-refractivity contribution in [1.82, 2.24) is 10.3 Å². The molecular formula is C14H13ClFN3O. The molecule has 1 amide bonds. The zero-order chi connectivity index (χ0) is 14.5. The molecule has 0 atom stereocenters. The molecule has 0 fully saturated rings. The number of carbonyl (C=O) groups is 1. The topological polar surface area (TPSA) is 54.0 Å². The summed E-state index contributed by atoms with van der Waals surface area (Å²) in [6.07, 6.45) is 3.12. The average molecular weight is 294 g/mol. The van der Waals surface area contributed by atoms with E-state index < -0.39 is 5.82 Å². The Balaban J connectivity index is 2.06. The van der Waals surface area contributed by atoms with Gasteiger partial charge in [0.1, 0.15) is 5.82 Å². The first-order chi connectivity index (χ1) is 9.61. The highest BCUT2D eigenvalue weighted by molar-refractivity contribution is 6.30. The smallest absolute Gasteiger partial charge is 0.253 e. The van der Waals surface area contributed by atoms with E-state index >= 15 is 0 Å². The van der Waals surface area contributed by atoms with E-state index in [1.54, 1.807) is 31.6 Å². The van der Waals surface area contributed by atoms with E-state index in [4.69, 9.17) is 11.6 Å². The first-order valence-electron chi connectivity index (χ1n) is 5.95. The molecule has 0 saturated carbocycles. The van der Waals surface area contributed by atoms with Crippen LogP contribution in [0.3, 0.4) is 0 Å². The maximum absolute atomic E-state index is 13.0. The summed E-state index contributed by atoms with van der Waals surface area (Å²) in [6.45, 7) is 0.268. The molecule has 1 aromatic heterocycles. The summed E-state index contributed by atoms with van der Waals surface area (Å²) < 4.78 is 13.0. The lowest BCUT2D eigenvalue weighted by molar-refractivity contribution is 0.0951. The van der Waals surface area contributed by atoms with Gasteiger partial charge in [-0.05, 0) is 23.8 Å². The molecule has 4 nitrogen and oxygen atoms in total. The summed E-state index contributed by atoms with van der Waals surface area (Å²) in [5.41, 5.74) is 1.86. The van der Waals surface area contributed by atoms with Gasteiger partial charge in [0, 0.05) is 19.8 Å². The van der Waals surface area contributed by atoms with Crippen LogP contribution in [0, 0.1) is 5.82 Å². The first-order valence-corrected chi connectivity index (χ1v) is 6.33. The second kappa shape index (κ2) is 6.34. The number of rotatable bonds is 4. The van der Waals surface area contributed by atoms with Crippen molar-refractivity contribution in [1.29, 1.82) is 0 Å².